The Hall–Kier alpha value is -3.73. The molecule has 0 aliphatic heterocycles. The summed E-state index contributed by atoms with van der Waals surface area (Å²) >= 11 is 0. The van der Waals surface area contributed by atoms with E-state index in [1.807, 2.05) is 31.2 Å². The number of nitrogens with zero attached hydrogens (tertiary/aromatic N) is 3. The zero-order chi connectivity index (χ0) is 26.4. The van der Waals surface area contributed by atoms with Gasteiger partial charge < -0.3 is 14.8 Å². The van der Waals surface area contributed by atoms with Crippen LogP contribution in [0.4, 0.5) is 13.2 Å². The lowest BCUT2D eigenvalue weighted by molar-refractivity contribution is -0.193. The molecule has 0 spiro atoms. The largest absolute Gasteiger partial charge is 0.494 e. The van der Waals surface area contributed by atoms with Gasteiger partial charge in [0, 0.05) is 30.1 Å². The molecule has 37 heavy (non-hydrogen) atoms. The number of alkyl halides is 3. The molecule has 0 atom stereocenters. The molecule has 1 N–H and O–H groups in total. The van der Waals surface area contributed by atoms with Crippen LogP contribution in [-0.2, 0) is 35.3 Å². The van der Waals surface area contributed by atoms with E-state index in [1.54, 1.807) is 18.5 Å². The molecule has 0 saturated carbocycles. The highest BCUT2D eigenvalue weighted by Gasteiger charge is 2.43. The quantitative estimate of drug-likeness (QED) is 0.248. The normalized spacial score (nSPS) is 12.5. The van der Waals surface area contributed by atoms with Crippen molar-refractivity contribution >= 4 is 11.9 Å². The van der Waals surface area contributed by atoms with Crippen LogP contribution in [0.15, 0.2) is 42.7 Å². The zero-order valence-electron chi connectivity index (χ0n) is 20.3. The Morgan fingerprint density at radius 1 is 1.11 bits per heavy atom. The highest BCUT2D eigenvalue weighted by molar-refractivity contribution is 5.99. The minimum absolute atomic E-state index is 0.121. The summed E-state index contributed by atoms with van der Waals surface area (Å²) in [5.74, 6) is -3.07. The van der Waals surface area contributed by atoms with Crippen molar-refractivity contribution in [3.8, 4) is 17.0 Å². The van der Waals surface area contributed by atoms with E-state index in [9.17, 15) is 22.8 Å². The molecule has 1 aliphatic rings. The van der Waals surface area contributed by atoms with Gasteiger partial charge in [-0.15, -0.1) is 0 Å². The zero-order valence-corrected chi connectivity index (χ0v) is 20.3. The van der Waals surface area contributed by atoms with Gasteiger partial charge in [0.15, 0.2) is 5.69 Å². The Morgan fingerprint density at radius 3 is 2.62 bits per heavy atom. The number of pyridine rings is 1. The Balaban J connectivity index is 1.41. The summed E-state index contributed by atoms with van der Waals surface area (Å²) < 4.78 is 49.1. The summed E-state index contributed by atoms with van der Waals surface area (Å²) in [5.41, 5.74) is 3.70. The Labute approximate surface area is 211 Å². The van der Waals surface area contributed by atoms with Crippen molar-refractivity contribution in [3.05, 3.63) is 65.1 Å². The predicted molar refractivity (Wildman–Crippen MR) is 128 cm³/mol. The van der Waals surface area contributed by atoms with E-state index < -0.39 is 18.1 Å². The number of esters is 2. The van der Waals surface area contributed by atoms with Crippen molar-refractivity contribution in [2.75, 3.05) is 19.7 Å². The average molecular weight is 517 g/mol. The number of nitrogens with one attached hydrogen (secondary N) is 1. The van der Waals surface area contributed by atoms with Crippen molar-refractivity contribution in [1.29, 1.82) is 0 Å². The summed E-state index contributed by atoms with van der Waals surface area (Å²) in [7, 11) is 0. The molecule has 2 heterocycles. The van der Waals surface area contributed by atoms with E-state index in [0.29, 0.717) is 43.7 Å². The van der Waals surface area contributed by atoms with Crippen molar-refractivity contribution < 1.29 is 32.2 Å². The van der Waals surface area contributed by atoms with E-state index in [-0.39, 0.29) is 12.2 Å². The van der Waals surface area contributed by atoms with Crippen LogP contribution in [0.3, 0.4) is 0 Å². The standard InChI is InChI=1S/C26H27F3N4O4/c1-2-36-19-7-4-17(5-8-19)10-13-30-12-3-15-33-23(24(34)37-25(35)26(27,28)29)21-9-6-18-16-31-14-11-20(18)22(21)32-33/h4-5,7-8,11,14,16,30H,2-3,6,9-10,12-13,15H2,1H3. The number of benzene rings is 1. The van der Waals surface area contributed by atoms with Crippen LogP contribution in [0.25, 0.3) is 11.3 Å². The second-order valence-electron chi connectivity index (χ2n) is 8.54. The smallest absolute Gasteiger partial charge is 0.491 e. The number of hydrogen-bond acceptors (Lipinski definition) is 7. The number of hydrogen-bond donors (Lipinski definition) is 1. The SMILES string of the molecule is CCOc1ccc(CCNCCCn2nc3c(c2C(=O)OC(=O)C(F)(F)F)CCc2cnccc2-3)cc1. The third kappa shape index (κ3) is 6.34. The van der Waals surface area contributed by atoms with Crippen molar-refractivity contribution in [2.45, 2.75) is 45.3 Å². The van der Waals surface area contributed by atoms with Gasteiger partial charge in [-0.1, -0.05) is 12.1 Å². The summed E-state index contributed by atoms with van der Waals surface area (Å²) in [5, 5.41) is 7.85. The van der Waals surface area contributed by atoms with E-state index in [2.05, 4.69) is 20.1 Å². The molecule has 0 saturated heterocycles. The first-order valence-corrected chi connectivity index (χ1v) is 12.1. The van der Waals surface area contributed by atoms with Gasteiger partial charge in [-0.05, 0) is 75.0 Å². The molecule has 0 fully saturated rings. The minimum Gasteiger partial charge on any atom is -0.494 e. The lowest BCUT2D eigenvalue weighted by Crippen LogP contribution is -2.29. The van der Waals surface area contributed by atoms with Gasteiger partial charge in [-0.25, -0.2) is 9.59 Å². The molecule has 2 aromatic heterocycles. The van der Waals surface area contributed by atoms with Crippen LogP contribution in [-0.4, -0.2) is 52.6 Å². The number of aromatic nitrogens is 3. The van der Waals surface area contributed by atoms with E-state index in [4.69, 9.17) is 4.74 Å². The number of carbonyl (C=O) groups excluding carboxylic acids is 2. The first kappa shape index (κ1) is 26.3. The maximum absolute atomic E-state index is 12.7. The van der Waals surface area contributed by atoms with E-state index in [1.165, 1.54) is 4.68 Å². The molecule has 0 amide bonds. The molecule has 0 bridgehead atoms. The van der Waals surface area contributed by atoms with Gasteiger partial charge in [0.05, 0.1) is 12.3 Å². The Morgan fingerprint density at radius 2 is 1.89 bits per heavy atom. The lowest BCUT2D eigenvalue weighted by Gasteiger charge is -2.15. The van der Waals surface area contributed by atoms with Gasteiger partial charge >= 0.3 is 18.1 Å². The lowest BCUT2D eigenvalue weighted by atomic mass is 9.90. The highest BCUT2D eigenvalue weighted by atomic mass is 19.4. The number of aryl methyl sites for hydroxylation is 2. The fraction of sp³-hybridized carbons (Fsp3) is 0.385. The maximum Gasteiger partial charge on any atom is 0.491 e. The Bertz CT molecular complexity index is 1260. The number of carbonyl (C=O) groups is 2. The van der Waals surface area contributed by atoms with Crippen molar-refractivity contribution in [1.82, 2.24) is 20.1 Å². The van der Waals surface area contributed by atoms with E-state index >= 15 is 0 Å². The highest BCUT2D eigenvalue weighted by Crippen LogP contribution is 2.34. The second-order valence-corrected chi connectivity index (χ2v) is 8.54. The molecule has 4 rings (SSSR count). The average Bonchev–Trinajstić information content (AvgIpc) is 3.25. The second kappa shape index (κ2) is 11.5. The number of fused-ring (bicyclic) bond motifs is 3. The van der Waals surface area contributed by atoms with Crippen molar-refractivity contribution in [3.63, 3.8) is 0 Å². The molecule has 0 unspecified atom stereocenters. The first-order valence-electron chi connectivity index (χ1n) is 12.1. The molecule has 1 aliphatic carbocycles. The van der Waals surface area contributed by atoms with Crippen LogP contribution in [0.2, 0.25) is 0 Å². The van der Waals surface area contributed by atoms with Gasteiger partial charge in [-0.2, -0.15) is 18.3 Å². The molecule has 11 heteroatoms. The third-order valence-electron chi connectivity index (χ3n) is 6.01. The number of ether oxygens (including phenoxy) is 2. The monoisotopic (exact) mass is 516 g/mol. The predicted octanol–water partition coefficient (Wildman–Crippen LogP) is 3.91. The molecule has 0 radical (unpaired) electrons. The Kier molecular flexibility index (Phi) is 8.22. The summed E-state index contributed by atoms with van der Waals surface area (Å²) in [4.78, 5) is 28.1. The molecule has 8 nitrogen and oxygen atoms in total. The van der Waals surface area contributed by atoms with Crippen LogP contribution in [0.5, 0.6) is 5.75 Å². The fourth-order valence-corrected chi connectivity index (χ4v) is 4.28. The molecule has 196 valence electrons. The van der Waals surface area contributed by atoms with Crippen LogP contribution < -0.4 is 10.1 Å². The topological polar surface area (TPSA) is 95.3 Å². The van der Waals surface area contributed by atoms with E-state index in [0.717, 1.165) is 35.4 Å². The van der Waals surface area contributed by atoms with Gasteiger partial charge in [0.25, 0.3) is 0 Å². The summed E-state index contributed by atoms with van der Waals surface area (Å²) in [6, 6.07) is 9.62. The number of halogens is 3. The third-order valence-corrected chi connectivity index (χ3v) is 6.01. The molecular formula is C26H27F3N4O4. The van der Waals surface area contributed by atoms with Crippen LogP contribution in [0.1, 0.15) is 40.5 Å². The molecular weight excluding hydrogens is 489 g/mol. The summed E-state index contributed by atoms with van der Waals surface area (Å²) in [6.45, 7) is 4.12. The van der Waals surface area contributed by atoms with Crippen molar-refractivity contribution in [2.24, 2.45) is 0 Å². The van der Waals surface area contributed by atoms with Gasteiger partial charge in [0.2, 0.25) is 0 Å². The van der Waals surface area contributed by atoms with Crippen LogP contribution in [0, 0.1) is 0 Å². The summed E-state index contributed by atoms with van der Waals surface area (Å²) in [6.07, 6.45) is 0.307. The minimum atomic E-state index is -5.27. The van der Waals surface area contributed by atoms with Gasteiger partial charge in [0.1, 0.15) is 5.75 Å². The van der Waals surface area contributed by atoms with Crippen LogP contribution >= 0.6 is 0 Å². The molecule has 1 aromatic carbocycles. The first-order chi connectivity index (χ1) is 17.8. The molecule has 3 aromatic rings. The maximum atomic E-state index is 12.7. The number of rotatable bonds is 10. The fourth-order valence-electron chi connectivity index (χ4n) is 4.28. The van der Waals surface area contributed by atoms with Gasteiger partial charge in [-0.3, -0.25) is 9.67 Å².